The van der Waals surface area contributed by atoms with Crippen molar-refractivity contribution in [2.24, 2.45) is 0 Å². The van der Waals surface area contributed by atoms with Crippen LogP contribution in [-0.4, -0.2) is 16.1 Å². The number of halogens is 4. The molecule has 0 saturated carbocycles. The van der Waals surface area contributed by atoms with E-state index in [0.717, 1.165) is 29.8 Å². The second-order valence-corrected chi connectivity index (χ2v) is 5.33. The molecule has 26 heavy (non-hydrogen) atoms. The Balaban J connectivity index is 1.65. The molecule has 0 bridgehead atoms. The van der Waals surface area contributed by atoms with Gasteiger partial charge in [-0.15, -0.1) is 5.10 Å². The third kappa shape index (κ3) is 4.24. The lowest BCUT2D eigenvalue weighted by Gasteiger charge is -2.07. The number of carbonyl (C=O) groups is 1. The minimum absolute atomic E-state index is 0.0104. The molecule has 134 valence electrons. The first-order valence-corrected chi connectivity index (χ1v) is 7.37. The Bertz CT molecular complexity index is 903. The zero-order valence-electron chi connectivity index (χ0n) is 13.0. The molecular formula is C17H11F4N3O2. The molecule has 1 amide bonds. The molecule has 0 fully saturated rings. The SMILES string of the molecule is O=C(Nc1nnc(Cc2ccc(F)cc2)o1)c1ccc(C(F)(F)F)cc1. The number of carbonyl (C=O) groups excluding carboxylic acids is 1. The largest absolute Gasteiger partial charge is 0.416 e. The Morgan fingerprint density at radius 3 is 2.27 bits per heavy atom. The quantitative estimate of drug-likeness (QED) is 0.708. The predicted octanol–water partition coefficient (Wildman–Crippen LogP) is 4.07. The van der Waals surface area contributed by atoms with Crippen LogP contribution in [-0.2, 0) is 12.6 Å². The van der Waals surface area contributed by atoms with Crippen molar-refractivity contribution >= 4 is 11.9 Å². The molecule has 0 unspecified atom stereocenters. The fourth-order valence-electron chi connectivity index (χ4n) is 2.13. The maximum absolute atomic E-state index is 12.9. The predicted molar refractivity (Wildman–Crippen MR) is 82.9 cm³/mol. The van der Waals surface area contributed by atoms with Crippen molar-refractivity contribution < 1.29 is 26.8 Å². The molecule has 0 saturated heterocycles. The maximum Gasteiger partial charge on any atom is 0.416 e. The molecular weight excluding hydrogens is 354 g/mol. The lowest BCUT2D eigenvalue weighted by Crippen LogP contribution is -2.13. The van der Waals surface area contributed by atoms with Gasteiger partial charge in [-0.1, -0.05) is 17.2 Å². The van der Waals surface area contributed by atoms with E-state index in [1.165, 1.54) is 12.1 Å². The van der Waals surface area contributed by atoms with Gasteiger partial charge < -0.3 is 4.42 Å². The number of aromatic nitrogens is 2. The van der Waals surface area contributed by atoms with Crippen molar-refractivity contribution in [1.29, 1.82) is 0 Å². The van der Waals surface area contributed by atoms with Crippen LogP contribution in [0, 0.1) is 5.82 Å². The van der Waals surface area contributed by atoms with E-state index in [9.17, 15) is 22.4 Å². The maximum atomic E-state index is 12.9. The van der Waals surface area contributed by atoms with E-state index in [1.54, 1.807) is 12.1 Å². The van der Waals surface area contributed by atoms with Crippen LogP contribution in [0.1, 0.15) is 27.4 Å². The third-order valence-corrected chi connectivity index (χ3v) is 3.43. The molecule has 0 aliphatic carbocycles. The minimum Gasteiger partial charge on any atom is -0.407 e. The number of benzene rings is 2. The summed E-state index contributed by atoms with van der Waals surface area (Å²) in [5, 5.41) is 9.71. The Labute approximate surface area is 144 Å². The molecule has 1 N–H and O–H groups in total. The molecule has 0 aliphatic heterocycles. The minimum atomic E-state index is -4.48. The van der Waals surface area contributed by atoms with Crippen molar-refractivity contribution in [2.45, 2.75) is 12.6 Å². The molecule has 1 aromatic heterocycles. The molecule has 1 heterocycles. The Hall–Kier alpha value is -3.23. The standard InChI is InChI=1S/C17H11F4N3O2/c18-13-7-1-10(2-8-13)9-14-23-24-16(26-14)22-15(25)11-3-5-12(6-4-11)17(19,20)21/h1-8H,9H2,(H,22,24,25). The molecule has 0 atom stereocenters. The van der Waals surface area contributed by atoms with Crippen molar-refractivity contribution in [3.05, 3.63) is 76.9 Å². The van der Waals surface area contributed by atoms with E-state index in [4.69, 9.17) is 4.42 Å². The highest BCUT2D eigenvalue weighted by atomic mass is 19.4. The zero-order valence-corrected chi connectivity index (χ0v) is 13.0. The van der Waals surface area contributed by atoms with Gasteiger partial charge in [0, 0.05) is 5.56 Å². The van der Waals surface area contributed by atoms with Gasteiger partial charge in [0.15, 0.2) is 0 Å². The smallest absolute Gasteiger partial charge is 0.407 e. The normalized spacial score (nSPS) is 11.4. The molecule has 5 nitrogen and oxygen atoms in total. The summed E-state index contributed by atoms with van der Waals surface area (Å²) in [7, 11) is 0. The van der Waals surface area contributed by atoms with Crippen molar-refractivity contribution in [2.75, 3.05) is 5.32 Å². The summed E-state index contributed by atoms with van der Waals surface area (Å²) in [4.78, 5) is 12.0. The van der Waals surface area contributed by atoms with Crippen LogP contribution in [0.3, 0.4) is 0 Å². The number of amides is 1. The molecule has 3 aromatic rings. The number of hydrogen-bond donors (Lipinski definition) is 1. The number of hydrogen-bond acceptors (Lipinski definition) is 4. The number of rotatable bonds is 4. The molecule has 2 aromatic carbocycles. The lowest BCUT2D eigenvalue weighted by atomic mass is 10.1. The highest BCUT2D eigenvalue weighted by Crippen LogP contribution is 2.29. The summed E-state index contributed by atoms with van der Waals surface area (Å²) < 4.78 is 55.7. The van der Waals surface area contributed by atoms with E-state index in [-0.39, 0.29) is 29.7 Å². The Morgan fingerprint density at radius 2 is 1.65 bits per heavy atom. The summed E-state index contributed by atoms with van der Waals surface area (Å²) in [6, 6.07) is 9.22. The fraction of sp³-hybridized carbons (Fsp3) is 0.118. The average Bonchev–Trinajstić information content (AvgIpc) is 3.03. The monoisotopic (exact) mass is 365 g/mol. The zero-order chi connectivity index (χ0) is 18.7. The summed E-state index contributed by atoms with van der Waals surface area (Å²) in [5.41, 5.74) is -0.111. The second-order valence-electron chi connectivity index (χ2n) is 5.33. The van der Waals surface area contributed by atoms with Gasteiger partial charge in [0.05, 0.1) is 12.0 Å². The highest BCUT2D eigenvalue weighted by molar-refractivity contribution is 6.03. The summed E-state index contributed by atoms with van der Waals surface area (Å²) in [6.45, 7) is 0. The third-order valence-electron chi connectivity index (χ3n) is 3.43. The van der Waals surface area contributed by atoms with Crippen molar-refractivity contribution in [3.8, 4) is 0 Å². The van der Waals surface area contributed by atoms with Crippen LogP contribution in [0.2, 0.25) is 0 Å². The lowest BCUT2D eigenvalue weighted by molar-refractivity contribution is -0.137. The fourth-order valence-corrected chi connectivity index (χ4v) is 2.13. The summed E-state index contributed by atoms with van der Waals surface area (Å²) in [5.74, 6) is -0.862. The average molecular weight is 365 g/mol. The van der Waals surface area contributed by atoms with Gasteiger partial charge >= 0.3 is 12.2 Å². The van der Waals surface area contributed by atoms with E-state index >= 15 is 0 Å². The molecule has 0 aliphatic rings. The van der Waals surface area contributed by atoms with Gasteiger partial charge in [0.1, 0.15) is 5.82 Å². The van der Waals surface area contributed by atoms with Gasteiger partial charge in [0.25, 0.3) is 5.91 Å². The van der Waals surface area contributed by atoms with Crippen LogP contribution in [0.15, 0.2) is 52.9 Å². The molecule has 0 radical (unpaired) electrons. The topological polar surface area (TPSA) is 68.0 Å². The van der Waals surface area contributed by atoms with Crippen LogP contribution in [0.5, 0.6) is 0 Å². The Kier molecular flexibility index (Phi) is 4.70. The van der Waals surface area contributed by atoms with E-state index in [1.807, 2.05) is 0 Å². The van der Waals surface area contributed by atoms with Crippen LogP contribution in [0.4, 0.5) is 23.6 Å². The first-order chi connectivity index (χ1) is 12.3. The van der Waals surface area contributed by atoms with Gasteiger partial charge in [0.2, 0.25) is 5.89 Å². The molecule has 3 rings (SSSR count). The number of nitrogens with one attached hydrogen (secondary N) is 1. The van der Waals surface area contributed by atoms with Crippen molar-refractivity contribution in [1.82, 2.24) is 10.2 Å². The summed E-state index contributed by atoms with van der Waals surface area (Å²) in [6.07, 6.45) is -4.24. The molecule has 9 heteroatoms. The van der Waals surface area contributed by atoms with Crippen molar-refractivity contribution in [3.63, 3.8) is 0 Å². The van der Waals surface area contributed by atoms with Gasteiger partial charge in [-0.05, 0) is 42.0 Å². The second kappa shape index (κ2) is 6.95. The van der Waals surface area contributed by atoms with Crippen LogP contribution >= 0.6 is 0 Å². The van der Waals surface area contributed by atoms with E-state index in [0.29, 0.717) is 0 Å². The number of anilines is 1. The number of alkyl halides is 3. The number of nitrogens with zero attached hydrogens (tertiary/aromatic N) is 2. The van der Waals surface area contributed by atoms with E-state index in [2.05, 4.69) is 15.5 Å². The first kappa shape index (κ1) is 17.6. The Morgan fingerprint density at radius 1 is 1.00 bits per heavy atom. The van der Waals surface area contributed by atoms with Crippen LogP contribution < -0.4 is 5.32 Å². The van der Waals surface area contributed by atoms with Crippen LogP contribution in [0.25, 0.3) is 0 Å². The molecule has 0 spiro atoms. The van der Waals surface area contributed by atoms with E-state index < -0.39 is 17.6 Å². The summed E-state index contributed by atoms with van der Waals surface area (Å²) >= 11 is 0. The highest BCUT2D eigenvalue weighted by Gasteiger charge is 2.30. The first-order valence-electron chi connectivity index (χ1n) is 7.37. The van der Waals surface area contributed by atoms with Gasteiger partial charge in [-0.3, -0.25) is 10.1 Å². The van der Waals surface area contributed by atoms with Gasteiger partial charge in [-0.25, -0.2) is 4.39 Å². The van der Waals surface area contributed by atoms with Gasteiger partial charge in [-0.2, -0.15) is 13.2 Å².